The maximum Gasteiger partial charge on any atom is 0.417 e. The van der Waals surface area contributed by atoms with E-state index >= 15 is 0 Å². The van der Waals surface area contributed by atoms with E-state index in [4.69, 9.17) is 5.14 Å². The maximum atomic E-state index is 13.0. The van der Waals surface area contributed by atoms with Crippen LogP contribution in [0.1, 0.15) is 21.1 Å². The van der Waals surface area contributed by atoms with Crippen LogP contribution in [-0.2, 0) is 22.6 Å². The number of nitrogens with two attached hydrogens (primary N) is 1. The summed E-state index contributed by atoms with van der Waals surface area (Å²) in [6.07, 6.45) is -4.21. The molecule has 132 valence electrons. The fourth-order valence-corrected chi connectivity index (χ4v) is 3.91. The number of sulfonamides is 1. The molecule has 0 aliphatic heterocycles. The predicted octanol–water partition coefficient (Wildman–Crippen LogP) is 3.08. The van der Waals surface area contributed by atoms with Gasteiger partial charge in [0, 0.05) is 23.5 Å². The monoisotopic (exact) mass is 379 g/mol. The molecular weight excluding hydrogens is 363 g/mol. The first-order valence-corrected chi connectivity index (χ1v) is 9.25. The van der Waals surface area contributed by atoms with Crippen LogP contribution in [0.5, 0.6) is 0 Å². The van der Waals surface area contributed by atoms with Crippen molar-refractivity contribution in [3.8, 4) is 0 Å². The summed E-state index contributed by atoms with van der Waals surface area (Å²) in [6, 6.07) is 2.88. The molecule has 1 heterocycles. The molecule has 0 unspecified atom stereocenters. The molecule has 24 heavy (non-hydrogen) atoms. The van der Waals surface area contributed by atoms with Gasteiger partial charge in [-0.3, -0.25) is 0 Å². The summed E-state index contributed by atoms with van der Waals surface area (Å²) in [5, 5.41) is 8.64. The van der Waals surface area contributed by atoms with Gasteiger partial charge in [0.1, 0.15) is 0 Å². The van der Waals surface area contributed by atoms with Gasteiger partial charge in [-0.1, -0.05) is 0 Å². The van der Waals surface area contributed by atoms with Crippen molar-refractivity contribution in [2.24, 2.45) is 5.14 Å². The lowest BCUT2D eigenvalue weighted by Crippen LogP contribution is -2.19. The van der Waals surface area contributed by atoms with E-state index < -0.39 is 26.7 Å². The molecule has 0 saturated carbocycles. The quantitative estimate of drug-likeness (QED) is 0.836. The molecule has 5 nitrogen and oxygen atoms in total. The summed E-state index contributed by atoms with van der Waals surface area (Å²) < 4.78 is 61.7. The molecule has 1 aromatic heterocycles. The molecule has 0 aliphatic carbocycles. The smallest absolute Gasteiger partial charge is 0.385 e. The first-order valence-electron chi connectivity index (χ1n) is 6.89. The van der Waals surface area contributed by atoms with E-state index in [0.29, 0.717) is 13.0 Å². The number of halogens is 3. The van der Waals surface area contributed by atoms with Crippen LogP contribution in [0, 0.1) is 13.8 Å². The molecule has 2 rings (SSSR count). The van der Waals surface area contributed by atoms with Crippen LogP contribution in [0.25, 0.3) is 0 Å². The molecule has 0 amide bonds. The number of aryl methyl sites for hydroxylation is 2. The van der Waals surface area contributed by atoms with E-state index in [-0.39, 0.29) is 5.69 Å². The molecule has 0 radical (unpaired) electrons. The van der Waals surface area contributed by atoms with Crippen molar-refractivity contribution >= 4 is 27.0 Å². The van der Waals surface area contributed by atoms with Gasteiger partial charge in [-0.05, 0) is 32.0 Å². The second kappa shape index (κ2) is 6.69. The average molecular weight is 379 g/mol. The van der Waals surface area contributed by atoms with Crippen LogP contribution in [0.15, 0.2) is 23.1 Å². The highest BCUT2D eigenvalue weighted by Gasteiger charge is 2.36. The first kappa shape index (κ1) is 18.7. The highest BCUT2D eigenvalue weighted by atomic mass is 32.2. The zero-order valence-corrected chi connectivity index (χ0v) is 14.6. The van der Waals surface area contributed by atoms with Gasteiger partial charge in [-0.25, -0.2) is 18.5 Å². The van der Waals surface area contributed by atoms with Crippen LogP contribution in [0.3, 0.4) is 0 Å². The number of primary sulfonamides is 1. The van der Waals surface area contributed by atoms with Crippen molar-refractivity contribution in [3.63, 3.8) is 0 Å². The Morgan fingerprint density at radius 2 is 1.96 bits per heavy atom. The lowest BCUT2D eigenvalue weighted by Gasteiger charge is -2.14. The maximum absolute atomic E-state index is 13.0. The Hall–Kier alpha value is -1.65. The second-order valence-electron chi connectivity index (χ2n) is 5.17. The molecule has 10 heteroatoms. The molecule has 1 aromatic carbocycles. The van der Waals surface area contributed by atoms with Gasteiger partial charge in [-0.2, -0.15) is 13.2 Å². The van der Waals surface area contributed by atoms with E-state index in [1.54, 1.807) is 0 Å². The van der Waals surface area contributed by atoms with E-state index in [1.165, 1.54) is 17.4 Å². The summed E-state index contributed by atoms with van der Waals surface area (Å²) in [7, 11) is -4.45. The molecule has 2 aromatic rings. The van der Waals surface area contributed by atoms with Gasteiger partial charge < -0.3 is 5.32 Å². The van der Waals surface area contributed by atoms with Gasteiger partial charge in [0.25, 0.3) is 0 Å². The van der Waals surface area contributed by atoms with Crippen molar-refractivity contribution in [1.82, 2.24) is 4.98 Å². The SMILES string of the molecule is Cc1nc(C)c(CCNc2ccc(S(N)(=O)=O)c(C(F)(F)F)c2)s1. The first-order chi connectivity index (χ1) is 11.0. The number of alkyl halides is 3. The Morgan fingerprint density at radius 1 is 1.29 bits per heavy atom. The third kappa shape index (κ3) is 4.46. The average Bonchev–Trinajstić information content (AvgIpc) is 2.75. The second-order valence-corrected chi connectivity index (χ2v) is 7.99. The van der Waals surface area contributed by atoms with E-state index in [2.05, 4.69) is 10.3 Å². The minimum Gasteiger partial charge on any atom is -0.385 e. The number of hydrogen-bond donors (Lipinski definition) is 2. The molecule has 0 spiro atoms. The molecule has 0 fully saturated rings. The van der Waals surface area contributed by atoms with Gasteiger partial charge in [0.05, 0.1) is 21.2 Å². The van der Waals surface area contributed by atoms with Crippen molar-refractivity contribution < 1.29 is 21.6 Å². The third-order valence-electron chi connectivity index (χ3n) is 3.27. The largest absolute Gasteiger partial charge is 0.417 e. The van der Waals surface area contributed by atoms with Gasteiger partial charge in [0.15, 0.2) is 0 Å². The van der Waals surface area contributed by atoms with E-state index in [9.17, 15) is 21.6 Å². The summed E-state index contributed by atoms with van der Waals surface area (Å²) in [4.78, 5) is 4.40. The van der Waals surface area contributed by atoms with Crippen molar-refractivity contribution in [1.29, 1.82) is 0 Å². The highest BCUT2D eigenvalue weighted by Crippen LogP contribution is 2.35. The summed E-state index contributed by atoms with van der Waals surface area (Å²) >= 11 is 1.54. The van der Waals surface area contributed by atoms with Crippen LogP contribution in [0.2, 0.25) is 0 Å². The highest BCUT2D eigenvalue weighted by molar-refractivity contribution is 7.89. The van der Waals surface area contributed by atoms with E-state index in [1.807, 2.05) is 13.8 Å². The number of rotatable bonds is 5. The lowest BCUT2D eigenvalue weighted by atomic mass is 10.2. The van der Waals surface area contributed by atoms with Crippen LogP contribution < -0.4 is 10.5 Å². The minimum atomic E-state index is -4.81. The number of hydrogen-bond acceptors (Lipinski definition) is 5. The zero-order valence-electron chi connectivity index (χ0n) is 12.9. The minimum absolute atomic E-state index is 0.175. The molecular formula is C14H16F3N3O2S2. The standard InChI is InChI=1S/C14H16F3N3O2S2/c1-8-12(23-9(2)20-8)5-6-19-10-3-4-13(24(18,21)22)11(7-10)14(15,16)17/h3-4,7,19H,5-6H2,1-2H3,(H2,18,21,22). The Labute approximate surface area is 141 Å². The molecule has 0 bridgehead atoms. The van der Waals surface area contributed by atoms with Crippen LogP contribution in [0.4, 0.5) is 18.9 Å². The van der Waals surface area contributed by atoms with Crippen molar-refractivity contribution in [2.45, 2.75) is 31.3 Å². The molecule has 3 N–H and O–H groups in total. The fraction of sp³-hybridized carbons (Fsp3) is 0.357. The molecule has 0 saturated heterocycles. The summed E-state index contributed by atoms with van der Waals surface area (Å²) in [6.45, 7) is 4.16. The number of nitrogens with one attached hydrogen (secondary N) is 1. The number of anilines is 1. The predicted molar refractivity (Wildman–Crippen MR) is 86.6 cm³/mol. The normalized spacial score (nSPS) is 12.4. The van der Waals surface area contributed by atoms with Crippen LogP contribution in [-0.4, -0.2) is 19.9 Å². The topological polar surface area (TPSA) is 85.1 Å². The Bertz CT molecular complexity index is 845. The fourth-order valence-electron chi connectivity index (χ4n) is 2.24. The summed E-state index contributed by atoms with van der Waals surface area (Å²) in [5.41, 5.74) is -0.201. The Balaban J connectivity index is 2.18. The number of nitrogens with zero attached hydrogens (tertiary/aromatic N) is 1. The van der Waals surface area contributed by atoms with Crippen molar-refractivity contribution in [2.75, 3.05) is 11.9 Å². The zero-order chi connectivity index (χ0) is 18.1. The van der Waals surface area contributed by atoms with E-state index in [0.717, 1.165) is 27.7 Å². The number of thiazole rings is 1. The number of aromatic nitrogens is 1. The molecule has 0 atom stereocenters. The van der Waals surface area contributed by atoms with Gasteiger partial charge in [-0.15, -0.1) is 11.3 Å². The Kier molecular flexibility index (Phi) is 5.21. The van der Waals surface area contributed by atoms with Crippen molar-refractivity contribution in [3.05, 3.63) is 39.3 Å². The third-order valence-corrected chi connectivity index (χ3v) is 5.37. The number of benzene rings is 1. The Morgan fingerprint density at radius 3 is 2.46 bits per heavy atom. The summed E-state index contributed by atoms with van der Waals surface area (Å²) in [5.74, 6) is 0. The lowest BCUT2D eigenvalue weighted by molar-refractivity contribution is -0.139. The van der Waals surface area contributed by atoms with Crippen LogP contribution >= 0.6 is 11.3 Å². The van der Waals surface area contributed by atoms with Gasteiger partial charge >= 0.3 is 6.18 Å². The van der Waals surface area contributed by atoms with Gasteiger partial charge in [0.2, 0.25) is 10.0 Å². The molecule has 0 aliphatic rings.